The van der Waals surface area contributed by atoms with Crippen molar-refractivity contribution in [1.29, 1.82) is 0 Å². The molecular formula is C13H12BrN3S. The van der Waals surface area contributed by atoms with Gasteiger partial charge in [-0.25, -0.2) is 4.98 Å². The maximum atomic E-state index is 4.51. The molecule has 1 heterocycles. The number of halogens is 1. The van der Waals surface area contributed by atoms with Gasteiger partial charge < -0.3 is 0 Å². The highest BCUT2D eigenvalue weighted by Gasteiger charge is 2.18. The fourth-order valence-corrected chi connectivity index (χ4v) is 2.45. The maximum absolute atomic E-state index is 4.51. The fraction of sp³-hybridized carbons (Fsp3) is 0.231. The Bertz CT molecular complexity index is 558. The lowest BCUT2D eigenvalue weighted by Crippen LogP contribution is -1.89. The number of nitrogens with zero attached hydrogens (tertiary/aromatic N) is 2. The molecule has 1 saturated carbocycles. The van der Waals surface area contributed by atoms with Crippen LogP contribution in [0.15, 0.2) is 39.2 Å². The first-order valence-electron chi connectivity index (χ1n) is 5.82. The number of nitrogens with one attached hydrogen (secondary N) is 1. The van der Waals surface area contributed by atoms with Gasteiger partial charge in [0.25, 0.3) is 0 Å². The Balaban J connectivity index is 1.70. The molecule has 1 aliphatic carbocycles. The molecule has 1 aliphatic rings. The van der Waals surface area contributed by atoms with E-state index in [1.54, 1.807) is 11.3 Å². The molecule has 0 amide bonds. The number of thiazole rings is 1. The minimum atomic E-state index is 0.684. The second kappa shape index (κ2) is 5.20. The van der Waals surface area contributed by atoms with Crippen LogP contribution in [0.5, 0.6) is 0 Å². The lowest BCUT2D eigenvalue weighted by molar-refractivity contribution is 1.19. The maximum Gasteiger partial charge on any atom is 0.203 e. The molecule has 0 radical (unpaired) electrons. The molecule has 5 heteroatoms. The van der Waals surface area contributed by atoms with Crippen LogP contribution in [0.1, 0.15) is 12.8 Å². The van der Waals surface area contributed by atoms with Crippen molar-refractivity contribution < 1.29 is 0 Å². The third kappa shape index (κ3) is 2.97. The number of rotatable bonds is 4. The van der Waals surface area contributed by atoms with Crippen molar-refractivity contribution in [3.63, 3.8) is 0 Å². The van der Waals surface area contributed by atoms with E-state index in [9.17, 15) is 0 Å². The summed E-state index contributed by atoms with van der Waals surface area (Å²) >= 11 is 5.00. The van der Waals surface area contributed by atoms with E-state index in [2.05, 4.69) is 43.6 Å². The van der Waals surface area contributed by atoms with Crippen LogP contribution in [0.25, 0.3) is 11.3 Å². The summed E-state index contributed by atoms with van der Waals surface area (Å²) in [6, 6.07) is 8.15. The second-order valence-corrected chi connectivity index (χ2v) is 6.05. The van der Waals surface area contributed by atoms with Gasteiger partial charge in [-0.3, -0.25) is 5.43 Å². The lowest BCUT2D eigenvalue weighted by Gasteiger charge is -1.96. The van der Waals surface area contributed by atoms with E-state index >= 15 is 0 Å². The van der Waals surface area contributed by atoms with E-state index in [0.717, 1.165) is 20.9 Å². The Labute approximate surface area is 118 Å². The SMILES string of the molecule is Brc1ccc(-c2csc(N/N=C/C3CC3)n2)cc1. The number of anilines is 1. The zero-order valence-electron chi connectivity index (χ0n) is 9.64. The molecular weight excluding hydrogens is 310 g/mol. The first kappa shape index (κ1) is 11.9. The Hall–Kier alpha value is -1.20. The topological polar surface area (TPSA) is 37.3 Å². The van der Waals surface area contributed by atoms with E-state index in [-0.39, 0.29) is 0 Å². The summed E-state index contributed by atoms with van der Waals surface area (Å²) in [5, 5.41) is 7.07. The summed E-state index contributed by atoms with van der Waals surface area (Å²) in [7, 11) is 0. The summed E-state index contributed by atoms with van der Waals surface area (Å²) < 4.78 is 1.08. The average Bonchev–Trinajstić information content (AvgIpc) is 3.08. The molecule has 2 aromatic rings. The number of hydrogen-bond donors (Lipinski definition) is 1. The van der Waals surface area contributed by atoms with Gasteiger partial charge in [-0.15, -0.1) is 11.3 Å². The van der Waals surface area contributed by atoms with Gasteiger partial charge in [0.2, 0.25) is 5.13 Å². The van der Waals surface area contributed by atoms with Crippen molar-refractivity contribution in [2.24, 2.45) is 11.0 Å². The molecule has 1 N–H and O–H groups in total. The van der Waals surface area contributed by atoms with Gasteiger partial charge in [-0.1, -0.05) is 28.1 Å². The Morgan fingerprint density at radius 3 is 2.83 bits per heavy atom. The zero-order chi connectivity index (χ0) is 12.4. The number of hydrogen-bond acceptors (Lipinski definition) is 4. The van der Waals surface area contributed by atoms with Crippen LogP contribution >= 0.6 is 27.3 Å². The summed E-state index contributed by atoms with van der Waals surface area (Å²) in [6.07, 6.45) is 4.51. The Morgan fingerprint density at radius 1 is 1.33 bits per heavy atom. The zero-order valence-corrected chi connectivity index (χ0v) is 12.0. The molecule has 0 saturated heterocycles. The third-order valence-corrected chi connectivity index (χ3v) is 3.99. The van der Waals surface area contributed by atoms with E-state index in [4.69, 9.17) is 0 Å². The van der Waals surface area contributed by atoms with Crippen LogP contribution in [0.4, 0.5) is 5.13 Å². The standard InChI is InChI=1S/C13H12BrN3S/c14-11-5-3-10(4-6-11)12-8-18-13(16-12)17-15-7-9-1-2-9/h3-9H,1-2H2,(H,16,17)/b15-7+. The summed E-state index contributed by atoms with van der Waals surface area (Å²) in [5.74, 6) is 0.684. The van der Waals surface area contributed by atoms with Crippen molar-refractivity contribution >= 4 is 38.6 Å². The van der Waals surface area contributed by atoms with Gasteiger partial charge in [-0.2, -0.15) is 5.10 Å². The van der Waals surface area contributed by atoms with Crippen molar-refractivity contribution in [1.82, 2.24) is 4.98 Å². The minimum Gasteiger partial charge on any atom is -0.253 e. The molecule has 1 fully saturated rings. The van der Waals surface area contributed by atoms with Crippen molar-refractivity contribution in [2.75, 3.05) is 5.43 Å². The monoisotopic (exact) mass is 321 g/mol. The molecule has 0 unspecified atom stereocenters. The highest BCUT2D eigenvalue weighted by Crippen LogP contribution is 2.27. The molecule has 0 bridgehead atoms. The van der Waals surface area contributed by atoms with E-state index < -0.39 is 0 Å². The van der Waals surface area contributed by atoms with Crippen LogP contribution in [0, 0.1) is 5.92 Å². The molecule has 3 rings (SSSR count). The summed E-state index contributed by atoms with van der Waals surface area (Å²) in [4.78, 5) is 4.51. The minimum absolute atomic E-state index is 0.684. The van der Waals surface area contributed by atoms with Crippen molar-refractivity contribution in [3.8, 4) is 11.3 Å². The predicted molar refractivity (Wildman–Crippen MR) is 80.1 cm³/mol. The van der Waals surface area contributed by atoms with Crippen molar-refractivity contribution in [3.05, 3.63) is 34.1 Å². The molecule has 3 nitrogen and oxygen atoms in total. The summed E-state index contributed by atoms with van der Waals surface area (Å²) in [6.45, 7) is 0. The fourth-order valence-electron chi connectivity index (χ4n) is 1.52. The Kier molecular flexibility index (Phi) is 3.43. The highest BCUT2D eigenvalue weighted by atomic mass is 79.9. The smallest absolute Gasteiger partial charge is 0.203 e. The summed E-state index contributed by atoms with van der Waals surface area (Å²) in [5.41, 5.74) is 5.09. The van der Waals surface area contributed by atoms with Crippen molar-refractivity contribution in [2.45, 2.75) is 12.8 Å². The van der Waals surface area contributed by atoms with Gasteiger partial charge in [0.15, 0.2) is 0 Å². The van der Waals surface area contributed by atoms with Crippen LogP contribution in [0.3, 0.4) is 0 Å². The Morgan fingerprint density at radius 2 is 2.11 bits per heavy atom. The van der Waals surface area contributed by atoms with E-state index in [1.807, 2.05) is 23.7 Å². The average molecular weight is 322 g/mol. The predicted octanol–water partition coefficient (Wildman–Crippen LogP) is 4.38. The number of aromatic nitrogens is 1. The van der Waals surface area contributed by atoms with Crippen LogP contribution < -0.4 is 5.43 Å². The molecule has 1 aromatic heterocycles. The van der Waals surface area contributed by atoms with Gasteiger partial charge in [0.05, 0.1) is 5.69 Å². The lowest BCUT2D eigenvalue weighted by atomic mass is 10.2. The molecule has 92 valence electrons. The van der Waals surface area contributed by atoms with Gasteiger partial charge in [0.1, 0.15) is 0 Å². The third-order valence-electron chi connectivity index (χ3n) is 2.71. The second-order valence-electron chi connectivity index (χ2n) is 4.27. The highest BCUT2D eigenvalue weighted by molar-refractivity contribution is 9.10. The van der Waals surface area contributed by atoms with Gasteiger partial charge in [0, 0.05) is 21.6 Å². The van der Waals surface area contributed by atoms with Crippen LogP contribution in [0.2, 0.25) is 0 Å². The van der Waals surface area contributed by atoms with Crippen LogP contribution in [-0.2, 0) is 0 Å². The van der Waals surface area contributed by atoms with Gasteiger partial charge in [-0.05, 0) is 30.9 Å². The van der Waals surface area contributed by atoms with E-state index in [0.29, 0.717) is 5.92 Å². The normalized spacial score (nSPS) is 15.2. The molecule has 0 aliphatic heterocycles. The number of benzene rings is 1. The molecule has 0 atom stereocenters. The van der Waals surface area contributed by atoms with Crippen LogP contribution in [-0.4, -0.2) is 11.2 Å². The largest absolute Gasteiger partial charge is 0.253 e. The van der Waals surface area contributed by atoms with Gasteiger partial charge >= 0.3 is 0 Å². The first-order chi connectivity index (χ1) is 8.81. The van der Waals surface area contributed by atoms with E-state index in [1.165, 1.54) is 12.8 Å². The molecule has 18 heavy (non-hydrogen) atoms. The first-order valence-corrected chi connectivity index (χ1v) is 7.49. The number of hydrazone groups is 1. The molecule has 1 aromatic carbocycles. The molecule has 0 spiro atoms. The quantitative estimate of drug-likeness (QED) is 0.670.